The number of rotatable bonds is 6. The summed E-state index contributed by atoms with van der Waals surface area (Å²) in [5.41, 5.74) is 4.60. The van der Waals surface area contributed by atoms with Gasteiger partial charge in [0.1, 0.15) is 0 Å². The molecule has 4 aromatic rings. The molecule has 0 bridgehead atoms. The Balaban J connectivity index is 1.53. The summed E-state index contributed by atoms with van der Waals surface area (Å²) >= 11 is 0. The zero-order chi connectivity index (χ0) is 19.3. The first kappa shape index (κ1) is 17.9. The Labute approximate surface area is 163 Å². The van der Waals surface area contributed by atoms with Gasteiger partial charge in [-0.25, -0.2) is 0 Å². The Morgan fingerprint density at radius 1 is 1.07 bits per heavy atom. The summed E-state index contributed by atoms with van der Waals surface area (Å²) in [5.74, 6) is -0.178. The van der Waals surface area contributed by atoms with Crippen LogP contribution in [0.25, 0.3) is 10.9 Å². The fourth-order valence-corrected chi connectivity index (χ4v) is 3.13. The lowest BCUT2D eigenvalue weighted by molar-refractivity contribution is 0.0950. The van der Waals surface area contributed by atoms with E-state index in [-0.39, 0.29) is 5.91 Å². The van der Waals surface area contributed by atoms with Gasteiger partial charge >= 0.3 is 0 Å². The van der Waals surface area contributed by atoms with Gasteiger partial charge in [0.05, 0.1) is 17.8 Å². The van der Waals surface area contributed by atoms with E-state index in [2.05, 4.69) is 51.6 Å². The number of hydrogen-bond donors (Lipinski definition) is 1. The van der Waals surface area contributed by atoms with Gasteiger partial charge in [0.25, 0.3) is 5.91 Å². The monoisotopic (exact) mass is 371 g/mol. The fourth-order valence-electron chi connectivity index (χ4n) is 3.13. The van der Waals surface area contributed by atoms with Crippen LogP contribution in [-0.2, 0) is 13.0 Å². The molecule has 0 saturated heterocycles. The minimum absolute atomic E-state index is 0.178. The van der Waals surface area contributed by atoms with E-state index in [9.17, 15) is 4.79 Å². The van der Waals surface area contributed by atoms with Crippen molar-refractivity contribution in [1.82, 2.24) is 25.1 Å². The first-order valence-corrected chi connectivity index (χ1v) is 9.25. The second-order valence-electron chi connectivity index (χ2n) is 6.71. The summed E-state index contributed by atoms with van der Waals surface area (Å²) in [6.07, 6.45) is 5.62. The molecule has 2 heterocycles. The number of para-hydroxylation sites is 1. The molecule has 0 aliphatic rings. The Kier molecular flexibility index (Phi) is 5.10. The van der Waals surface area contributed by atoms with Crippen molar-refractivity contribution in [2.24, 2.45) is 0 Å². The number of hydrogen-bond acceptors (Lipinski definition) is 4. The summed E-state index contributed by atoms with van der Waals surface area (Å²) in [4.78, 5) is 21.0. The molecule has 6 nitrogen and oxygen atoms in total. The van der Waals surface area contributed by atoms with Gasteiger partial charge in [-0.05, 0) is 18.6 Å². The van der Waals surface area contributed by atoms with Crippen molar-refractivity contribution < 1.29 is 4.79 Å². The molecule has 0 unspecified atom stereocenters. The Bertz CT molecular complexity index is 1090. The highest BCUT2D eigenvalue weighted by Crippen LogP contribution is 2.20. The minimum atomic E-state index is -0.178. The highest BCUT2D eigenvalue weighted by Gasteiger charge is 2.16. The van der Waals surface area contributed by atoms with Gasteiger partial charge in [0.2, 0.25) is 0 Å². The fraction of sp³-hybridized carbons (Fsp3) is 0.182. The van der Waals surface area contributed by atoms with E-state index in [4.69, 9.17) is 0 Å². The number of aromatic nitrogens is 4. The number of fused-ring (bicyclic) bond motifs is 1. The summed E-state index contributed by atoms with van der Waals surface area (Å²) in [6, 6.07) is 16.2. The molecule has 1 N–H and O–H groups in total. The van der Waals surface area contributed by atoms with Gasteiger partial charge in [-0.2, -0.15) is 5.10 Å². The second kappa shape index (κ2) is 8.00. The number of nitrogens with one attached hydrogen (secondary N) is 1. The molecule has 0 fully saturated rings. The molecule has 0 aliphatic heterocycles. The average molecular weight is 371 g/mol. The molecule has 6 heteroatoms. The molecule has 4 rings (SSSR count). The van der Waals surface area contributed by atoms with Gasteiger partial charge in [-0.1, -0.05) is 48.0 Å². The molecule has 2 aromatic heterocycles. The lowest BCUT2D eigenvalue weighted by Crippen LogP contribution is -2.26. The third-order valence-electron chi connectivity index (χ3n) is 4.61. The standard InChI is InChI=1S/C22H21N5O/c1-16-6-8-17(9-7-16)15-27-20-5-3-2-4-19(20)21(26-27)22(28)25-11-10-18-14-23-12-13-24-18/h2-9,12-14H,10-11,15H2,1H3,(H,25,28). The predicted octanol–water partition coefficient (Wildman–Crippen LogP) is 3.16. The Hall–Kier alpha value is -3.54. The van der Waals surface area contributed by atoms with Gasteiger partial charge in [0, 0.05) is 36.9 Å². The van der Waals surface area contributed by atoms with Crippen molar-refractivity contribution in [3.63, 3.8) is 0 Å². The van der Waals surface area contributed by atoms with Gasteiger partial charge < -0.3 is 5.32 Å². The molecule has 0 saturated carbocycles. The van der Waals surface area contributed by atoms with Crippen LogP contribution >= 0.6 is 0 Å². The molecule has 2 aromatic carbocycles. The molecule has 0 atom stereocenters. The van der Waals surface area contributed by atoms with Crippen molar-refractivity contribution in [1.29, 1.82) is 0 Å². The van der Waals surface area contributed by atoms with Crippen LogP contribution in [-0.4, -0.2) is 32.2 Å². The summed E-state index contributed by atoms with van der Waals surface area (Å²) < 4.78 is 1.89. The molecule has 0 spiro atoms. The number of aryl methyl sites for hydroxylation is 1. The molecule has 140 valence electrons. The predicted molar refractivity (Wildman–Crippen MR) is 108 cm³/mol. The minimum Gasteiger partial charge on any atom is -0.350 e. The van der Waals surface area contributed by atoms with E-state index in [1.165, 1.54) is 5.56 Å². The van der Waals surface area contributed by atoms with Crippen molar-refractivity contribution in [3.05, 3.63) is 89.6 Å². The smallest absolute Gasteiger partial charge is 0.272 e. The third kappa shape index (κ3) is 3.91. The van der Waals surface area contributed by atoms with Crippen molar-refractivity contribution in [2.45, 2.75) is 19.9 Å². The maximum atomic E-state index is 12.7. The van der Waals surface area contributed by atoms with Crippen LogP contribution in [0.5, 0.6) is 0 Å². The van der Waals surface area contributed by atoms with Crippen molar-refractivity contribution >= 4 is 16.8 Å². The van der Waals surface area contributed by atoms with Crippen LogP contribution in [0.4, 0.5) is 0 Å². The second-order valence-corrected chi connectivity index (χ2v) is 6.71. The van der Waals surface area contributed by atoms with E-state index >= 15 is 0 Å². The summed E-state index contributed by atoms with van der Waals surface area (Å²) in [5, 5.41) is 8.40. The number of carbonyl (C=O) groups is 1. The largest absolute Gasteiger partial charge is 0.350 e. The lowest BCUT2D eigenvalue weighted by Gasteiger charge is -2.04. The van der Waals surface area contributed by atoms with E-state index in [0.717, 1.165) is 22.2 Å². The first-order valence-electron chi connectivity index (χ1n) is 9.25. The van der Waals surface area contributed by atoms with Crippen LogP contribution in [0.1, 0.15) is 27.3 Å². The van der Waals surface area contributed by atoms with E-state index in [1.54, 1.807) is 18.6 Å². The number of amides is 1. The molecule has 28 heavy (non-hydrogen) atoms. The van der Waals surface area contributed by atoms with Crippen LogP contribution in [0.15, 0.2) is 67.1 Å². The first-order chi connectivity index (χ1) is 13.7. The SMILES string of the molecule is Cc1ccc(Cn2nc(C(=O)NCCc3cnccn3)c3ccccc32)cc1. The van der Waals surface area contributed by atoms with Crippen LogP contribution in [0.3, 0.4) is 0 Å². The normalized spacial score (nSPS) is 10.9. The molecular formula is C22H21N5O. The van der Waals surface area contributed by atoms with Gasteiger partial charge in [0.15, 0.2) is 5.69 Å². The molecule has 0 aliphatic carbocycles. The number of nitrogens with zero attached hydrogens (tertiary/aromatic N) is 4. The van der Waals surface area contributed by atoms with Crippen molar-refractivity contribution in [2.75, 3.05) is 6.54 Å². The van der Waals surface area contributed by atoms with Crippen LogP contribution in [0.2, 0.25) is 0 Å². The third-order valence-corrected chi connectivity index (χ3v) is 4.61. The Morgan fingerprint density at radius 2 is 1.89 bits per heavy atom. The zero-order valence-electron chi connectivity index (χ0n) is 15.7. The summed E-state index contributed by atoms with van der Waals surface area (Å²) in [7, 11) is 0. The maximum Gasteiger partial charge on any atom is 0.272 e. The summed E-state index contributed by atoms with van der Waals surface area (Å²) in [6.45, 7) is 3.17. The number of benzene rings is 2. The molecular weight excluding hydrogens is 350 g/mol. The van der Waals surface area contributed by atoms with E-state index in [1.807, 2.05) is 28.9 Å². The quantitative estimate of drug-likeness (QED) is 0.565. The Morgan fingerprint density at radius 3 is 2.68 bits per heavy atom. The maximum absolute atomic E-state index is 12.7. The topological polar surface area (TPSA) is 72.7 Å². The zero-order valence-corrected chi connectivity index (χ0v) is 15.7. The van der Waals surface area contributed by atoms with Crippen LogP contribution < -0.4 is 5.32 Å². The lowest BCUT2D eigenvalue weighted by atomic mass is 10.1. The van der Waals surface area contributed by atoms with E-state index < -0.39 is 0 Å². The average Bonchev–Trinajstić information content (AvgIpc) is 3.09. The highest BCUT2D eigenvalue weighted by molar-refractivity contribution is 6.04. The highest BCUT2D eigenvalue weighted by atomic mass is 16.1. The van der Waals surface area contributed by atoms with Crippen LogP contribution in [0, 0.1) is 6.92 Å². The van der Waals surface area contributed by atoms with Gasteiger partial charge in [-0.3, -0.25) is 19.4 Å². The molecule has 0 radical (unpaired) electrons. The van der Waals surface area contributed by atoms with Crippen molar-refractivity contribution in [3.8, 4) is 0 Å². The van der Waals surface area contributed by atoms with Gasteiger partial charge in [-0.15, -0.1) is 0 Å². The molecule has 1 amide bonds. The van der Waals surface area contributed by atoms with E-state index in [0.29, 0.717) is 25.2 Å². The number of carbonyl (C=O) groups excluding carboxylic acids is 1.